The number of hydrogen-bond acceptors (Lipinski definition) is 4. The highest BCUT2D eigenvalue weighted by atomic mass is 19.1. The number of nitrogens with zero attached hydrogens (tertiary/aromatic N) is 6. The van der Waals surface area contributed by atoms with Gasteiger partial charge in [0.25, 0.3) is 0 Å². The normalized spacial score (nSPS) is 12.7. The predicted molar refractivity (Wildman–Crippen MR) is 104 cm³/mol. The van der Waals surface area contributed by atoms with Crippen LogP contribution in [0.5, 0.6) is 0 Å². The Kier molecular flexibility index (Phi) is 3.68. The van der Waals surface area contributed by atoms with E-state index in [1.807, 2.05) is 50.6 Å². The first-order valence-corrected chi connectivity index (χ1v) is 8.98. The Morgan fingerprint density at radius 1 is 1.04 bits per heavy atom. The summed E-state index contributed by atoms with van der Waals surface area (Å²) in [6.07, 6.45) is 7.21. The third kappa shape index (κ3) is 2.63. The van der Waals surface area contributed by atoms with Crippen LogP contribution in [0.1, 0.15) is 24.2 Å². The average molecular weight is 372 g/mol. The third-order valence-electron chi connectivity index (χ3n) is 5.04. The molecule has 5 aromatic rings. The lowest BCUT2D eigenvalue weighted by Gasteiger charge is -2.12. The maximum Gasteiger partial charge on any atom is 0.196 e. The van der Waals surface area contributed by atoms with Crippen LogP contribution in [-0.2, 0) is 7.05 Å². The molecule has 0 N–H and O–H groups in total. The first-order chi connectivity index (χ1) is 13.6. The van der Waals surface area contributed by atoms with Gasteiger partial charge in [0.15, 0.2) is 11.5 Å². The molecule has 0 saturated heterocycles. The number of rotatable bonds is 3. The van der Waals surface area contributed by atoms with E-state index in [1.54, 1.807) is 21.5 Å². The largest absolute Gasteiger partial charge is 0.283 e. The van der Waals surface area contributed by atoms with Gasteiger partial charge in [-0.1, -0.05) is 19.1 Å². The molecule has 1 aromatic carbocycles. The molecule has 0 unspecified atom stereocenters. The number of aryl methyl sites for hydroxylation is 1. The van der Waals surface area contributed by atoms with Gasteiger partial charge in [0.1, 0.15) is 5.82 Å². The lowest BCUT2D eigenvalue weighted by molar-refractivity contribution is 0.629. The monoisotopic (exact) mass is 372 g/mol. The van der Waals surface area contributed by atoms with Gasteiger partial charge in [0.2, 0.25) is 0 Å². The van der Waals surface area contributed by atoms with Gasteiger partial charge in [-0.2, -0.15) is 5.10 Å². The zero-order chi connectivity index (χ0) is 19.3. The summed E-state index contributed by atoms with van der Waals surface area (Å²) in [5.41, 5.74) is 3.80. The number of benzene rings is 1. The summed E-state index contributed by atoms with van der Waals surface area (Å²) in [5.74, 6) is 0.209. The minimum absolute atomic E-state index is 0.0665. The molecule has 138 valence electrons. The highest BCUT2D eigenvalue weighted by Crippen LogP contribution is 2.28. The topological polar surface area (TPSA) is 60.9 Å². The third-order valence-corrected chi connectivity index (χ3v) is 5.04. The summed E-state index contributed by atoms with van der Waals surface area (Å²) in [4.78, 5) is 4.36. The second kappa shape index (κ2) is 6.23. The molecule has 1 atom stereocenters. The van der Waals surface area contributed by atoms with Crippen molar-refractivity contribution >= 4 is 16.6 Å². The average Bonchev–Trinajstić information content (AvgIpc) is 3.33. The molecule has 0 radical (unpaired) electrons. The van der Waals surface area contributed by atoms with E-state index in [-0.39, 0.29) is 11.6 Å². The highest BCUT2D eigenvalue weighted by molar-refractivity contribution is 5.79. The van der Waals surface area contributed by atoms with Crippen molar-refractivity contribution in [3.8, 4) is 11.1 Å². The number of aromatic nitrogens is 6. The van der Waals surface area contributed by atoms with Gasteiger partial charge in [0, 0.05) is 48.1 Å². The molecule has 7 heteroatoms. The van der Waals surface area contributed by atoms with E-state index in [0.717, 1.165) is 27.6 Å². The fourth-order valence-electron chi connectivity index (χ4n) is 3.51. The minimum atomic E-state index is -0.407. The van der Waals surface area contributed by atoms with E-state index < -0.39 is 5.82 Å². The van der Waals surface area contributed by atoms with Crippen LogP contribution in [0, 0.1) is 5.82 Å². The molecule has 0 saturated carbocycles. The molecule has 5 rings (SSSR count). The van der Waals surface area contributed by atoms with Gasteiger partial charge in [-0.25, -0.2) is 4.39 Å². The quantitative estimate of drug-likeness (QED) is 0.481. The van der Waals surface area contributed by atoms with Gasteiger partial charge in [-0.15, -0.1) is 10.2 Å². The van der Waals surface area contributed by atoms with Crippen LogP contribution in [0.2, 0.25) is 0 Å². The van der Waals surface area contributed by atoms with E-state index in [1.165, 1.54) is 6.07 Å². The van der Waals surface area contributed by atoms with Crippen LogP contribution in [0.25, 0.3) is 27.7 Å². The van der Waals surface area contributed by atoms with E-state index in [2.05, 4.69) is 26.3 Å². The molecule has 0 aliphatic heterocycles. The number of hydrogen-bond donors (Lipinski definition) is 0. The summed E-state index contributed by atoms with van der Waals surface area (Å²) < 4.78 is 18.1. The molecule has 4 heterocycles. The van der Waals surface area contributed by atoms with Crippen molar-refractivity contribution in [1.82, 2.24) is 29.4 Å². The van der Waals surface area contributed by atoms with Crippen molar-refractivity contribution < 1.29 is 4.39 Å². The van der Waals surface area contributed by atoms with Crippen molar-refractivity contribution in [2.45, 2.75) is 12.8 Å². The van der Waals surface area contributed by atoms with Crippen molar-refractivity contribution in [1.29, 1.82) is 0 Å². The molecular formula is C21H17FN6. The zero-order valence-electron chi connectivity index (χ0n) is 15.4. The maximum absolute atomic E-state index is 14.7. The standard InChI is InChI=1S/C21H17FN6/c1-13(14-5-6-19-15(8-14)4-3-7-23-19)20-25-26-21-18(22)9-16(12-28(20)21)17-10-24-27(2)11-17/h3-13H,1-2H3/t13-/m1/s1. The summed E-state index contributed by atoms with van der Waals surface area (Å²) >= 11 is 0. The summed E-state index contributed by atoms with van der Waals surface area (Å²) in [6.45, 7) is 2.04. The van der Waals surface area contributed by atoms with Crippen LogP contribution in [0.15, 0.2) is 61.2 Å². The van der Waals surface area contributed by atoms with Crippen molar-refractivity contribution in [3.63, 3.8) is 0 Å². The fraction of sp³-hybridized carbons (Fsp3) is 0.143. The van der Waals surface area contributed by atoms with Crippen LogP contribution in [0.3, 0.4) is 0 Å². The second-order valence-electron chi connectivity index (χ2n) is 6.91. The molecule has 28 heavy (non-hydrogen) atoms. The molecule has 0 aliphatic rings. The Labute approximate surface area is 160 Å². The Balaban J connectivity index is 1.64. The summed E-state index contributed by atoms with van der Waals surface area (Å²) in [5, 5.41) is 13.6. The SMILES string of the molecule is C[C@H](c1ccc2ncccc2c1)c1nnc2c(F)cc(-c3cnn(C)c3)cn12. The van der Waals surface area contributed by atoms with Gasteiger partial charge in [-0.05, 0) is 29.8 Å². The highest BCUT2D eigenvalue weighted by Gasteiger charge is 2.19. The maximum atomic E-state index is 14.7. The van der Waals surface area contributed by atoms with E-state index >= 15 is 0 Å². The van der Waals surface area contributed by atoms with Crippen molar-refractivity contribution in [2.75, 3.05) is 0 Å². The summed E-state index contributed by atoms with van der Waals surface area (Å²) in [6, 6.07) is 11.5. The van der Waals surface area contributed by atoms with Crippen LogP contribution in [-0.4, -0.2) is 29.4 Å². The molecule has 4 aromatic heterocycles. The van der Waals surface area contributed by atoms with Crippen LogP contribution in [0.4, 0.5) is 4.39 Å². The smallest absolute Gasteiger partial charge is 0.196 e. The molecule has 0 amide bonds. The molecule has 0 fully saturated rings. The Bertz CT molecular complexity index is 1320. The molecule has 0 spiro atoms. The van der Waals surface area contributed by atoms with Crippen LogP contribution >= 0.6 is 0 Å². The van der Waals surface area contributed by atoms with Gasteiger partial charge in [-0.3, -0.25) is 14.1 Å². The number of halogens is 1. The van der Waals surface area contributed by atoms with Gasteiger partial charge < -0.3 is 0 Å². The molecule has 0 bridgehead atoms. The Morgan fingerprint density at radius 3 is 2.75 bits per heavy atom. The predicted octanol–water partition coefficient (Wildman–Crippen LogP) is 3.97. The minimum Gasteiger partial charge on any atom is -0.283 e. The number of pyridine rings is 2. The summed E-state index contributed by atoms with van der Waals surface area (Å²) in [7, 11) is 1.83. The first kappa shape index (κ1) is 16.6. The number of fused-ring (bicyclic) bond motifs is 2. The Morgan fingerprint density at radius 2 is 1.93 bits per heavy atom. The second-order valence-corrected chi connectivity index (χ2v) is 6.91. The lowest BCUT2D eigenvalue weighted by Crippen LogP contribution is -2.03. The van der Waals surface area contributed by atoms with E-state index in [9.17, 15) is 4.39 Å². The molecule has 0 aliphatic carbocycles. The van der Waals surface area contributed by atoms with Crippen molar-refractivity contribution in [3.05, 3.63) is 78.4 Å². The Hall–Kier alpha value is -3.61. The van der Waals surface area contributed by atoms with E-state index in [0.29, 0.717) is 5.82 Å². The molecule has 6 nitrogen and oxygen atoms in total. The molecular weight excluding hydrogens is 355 g/mol. The first-order valence-electron chi connectivity index (χ1n) is 8.98. The van der Waals surface area contributed by atoms with Gasteiger partial charge >= 0.3 is 0 Å². The van der Waals surface area contributed by atoms with E-state index in [4.69, 9.17) is 0 Å². The van der Waals surface area contributed by atoms with Crippen LogP contribution < -0.4 is 0 Å². The fourth-order valence-corrected chi connectivity index (χ4v) is 3.51. The zero-order valence-corrected chi connectivity index (χ0v) is 15.4. The lowest BCUT2D eigenvalue weighted by atomic mass is 9.98. The van der Waals surface area contributed by atoms with Gasteiger partial charge in [0.05, 0.1) is 11.7 Å². The van der Waals surface area contributed by atoms with Crippen molar-refractivity contribution in [2.24, 2.45) is 7.05 Å².